The molecule has 1 aromatic heterocycles. The minimum Gasteiger partial charge on any atom is -0.399 e. The average Bonchev–Trinajstić information content (AvgIpc) is 3.10. The van der Waals surface area contributed by atoms with E-state index in [4.69, 9.17) is 9.31 Å². The van der Waals surface area contributed by atoms with Crippen LogP contribution in [0.15, 0.2) is 97.3 Å². The van der Waals surface area contributed by atoms with Crippen molar-refractivity contribution in [3.63, 3.8) is 0 Å². The van der Waals surface area contributed by atoms with Gasteiger partial charge in [-0.25, -0.2) is 0 Å². The summed E-state index contributed by atoms with van der Waals surface area (Å²) in [4.78, 5) is 4.37. The number of fused-ring (bicyclic) bond motifs is 3. The second kappa shape index (κ2) is 8.05. The van der Waals surface area contributed by atoms with Crippen LogP contribution in [0.3, 0.4) is 0 Å². The molecule has 0 bridgehead atoms. The van der Waals surface area contributed by atoms with E-state index < -0.39 is 18.3 Å². The maximum atomic E-state index is 6.45. The Morgan fingerprint density at radius 1 is 0.629 bits per heavy atom. The van der Waals surface area contributed by atoms with Gasteiger partial charge in [0.05, 0.1) is 11.2 Å². The summed E-state index contributed by atoms with van der Waals surface area (Å²) in [5, 5.41) is 4.98. The van der Waals surface area contributed by atoms with Crippen LogP contribution in [0, 0.1) is 0 Å². The lowest BCUT2D eigenvalue weighted by molar-refractivity contribution is 0.00578. The smallest absolute Gasteiger partial charge is 0.399 e. The number of hydrogen-bond donors (Lipinski definition) is 0. The molecule has 0 saturated carbocycles. The van der Waals surface area contributed by atoms with Gasteiger partial charge in [-0.3, -0.25) is 4.98 Å². The molecule has 172 valence electrons. The van der Waals surface area contributed by atoms with E-state index in [1.807, 2.05) is 12.3 Å². The first-order chi connectivity index (χ1) is 16.8. The number of nitrogens with zero attached hydrogens (tertiary/aromatic N) is 1. The molecule has 2 heterocycles. The van der Waals surface area contributed by atoms with E-state index >= 15 is 0 Å². The fourth-order valence-electron chi connectivity index (χ4n) is 4.92. The van der Waals surface area contributed by atoms with Crippen molar-refractivity contribution in [2.75, 3.05) is 0 Å². The van der Waals surface area contributed by atoms with Gasteiger partial charge >= 0.3 is 7.12 Å². The first-order valence-corrected chi connectivity index (χ1v) is 12.1. The first-order valence-electron chi connectivity index (χ1n) is 12.1. The minimum absolute atomic E-state index is 0.405. The molecule has 1 fully saturated rings. The van der Waals surface area contributed by atoms with Gasteiger partial charge in [0, 0.05) is 12.4 Å². The van der Waals surface area contributed by atoms with Crippen LogP contribution < -0.4 is 5.46 Å². The lowest BCUT2D eigenvalue weighted by Gasteiger charge is -2.32. The molecular formula is C31H28BNO2. The maximum Gasteiger partial charge on any atom is 0.494 e. The van der Waals surface area contributed by atoms with E-state index in [9.17, 15) is 0 Å². The largest absolute Gasteiger partial charge is 0.494 e. The fourth-order valence-corrected chi connectivity index (χ4v) is 4.92. The Hall–Kier alpha value is -3.47. The lowest BCUT2D eigenvalue weighted by Crippen LogP contribution is -2.41. The van der Waals surface area contributed by atoms with Crippen molar-refractivity contribution in [3.05, 3.63) is 97.3 Å². The van der Waals surface area contributed by atoms with E-state index in [0.717, 1.165) is 22.2 Å². The van der Waals surface area contributed by atoms with Crippen molar-refractivity contribution >= 4 is 34.1 Å². The molecule has 0 amide bonds. The Morgan fingerprint density at radius 2 is 1.29 bits per heavy atom. The Kier molecular flexibility index (Phi) is 5.06. The summed E-state index contributed by atoms with van der Waals surface area (Å²) in [7, 11) is -0.443. The third-order valence-corrected chi connectivity index (χ3v) is 7.55. The summed E-state index contributed by atoms with van der Waals surface area (Å²) in [6, 6.07) is 30.2. The van der Waals surface area contributed by atoms with E-state index in [2.05, 4.69) is 112 Å². The zero-order valence-corrected chi connectivity index (χ0v) is 20.6. The molecule has 6 rings (SSSR count). The minimum atomic E-state index is -0.443. The second-order valence-electron chi connectivity index (χ2n) is 10.4. The number of benzene rings is 4. The van der Waals surface area contributed by atoms with E-state index in [1.165, 1.54) is 27.1 Å². The molecule has 0 radical (unpaired) electrons. The van der Waals surface area contributed by atoms with Crippen LogP contribution in [0.25, 0.3) is 43.8 Å². The number of pyridine rings is 1. The molecule has 35 heavy (non-hydrogen) atoms. The van der Waals surface area contributed by atoms with Gasteiger partial charge in [-0.1, -0.05) is 66.7 Å². The van der Waals surface area contributed by atoms with Crippen molar-refractivity contribution in [3.8, 4) is 22.3 Å². The van der Waals surface area contributed by atoms with Crippen LogP contribution in [0.1, 0.15) is 27.7 Å². The van der Waals surface area contributed by atoms with Gasteiger partial charge in [-0.05, 0) is 95.2 Å². The molecule has 1 aliphatic rings. The van der Waals surface area contributed by atoms with Gasteiger partial charge in [0.1, 0.15) is 0 Å². The van der Waals surface area contributed by atoms with Gasteiger partial charge in [0.15, 0.2) is 0 Å². The Bertz CT molecular complexity index is 1540. The summed E-state index contributed by atoms with van der Waals surface area (Å²) in [5.41, 5.74) is 4.70. The lowest BCUT2D eigenvalue weighted by atomic mass is 9.76. The quantitative estimate of drug-likeness (QED) is 0.216. The molecule has 5 aromatic rings. The Labute approximate surface area is 206 Å². The normalized spacial score (nSPS) is 16.7. The molecule has 0 N–H and O–H groups in total. The zero-order valence-electron chi connectivity index (χ0n) is 20.6. The zero-order chi connectivity index (χ0) is 24.2. The number of rotatable bonds is 3. The molecule has 1 aliphatic heterocycles. The number of hydrogen-bond acceptors (Lipinski definition) is 3. The standard InChI is InChI=1S/C31H28BNO2/c1-30(2)31(3,4)35-32(34-30)25-17-23(22-11-9-15-33-20-22)16-24(18-25)29-19-21-10-5-6-12-26(21)27-13-7-8-14-28(27)29/h5-20H,1-4H3. The highest BCUT2D eigenvalue weighted by molar-refractivity contribution is 6.62. The predicted molar refractivity (Wildman–Crippen MR) is 146 cm³/mol. The van der Waals surface area contributed by atoms with Gasteiger partial charge in [-0.15, -0.1) is 0 Å². The van der Waals surface area contributed by atoms with Crippen LogP contribution >= 0.6 is 0 Å². The van der Waals surface area contributed by atoms with E-state index in [1.54, 1.807) is 6.20 Å². The average molecular weight is 457 g/mol. The topological polar surface area (TPSA) is 31.4 Å². The highest BCUT2D eigenvalue weighted by atomic mass is 16.7. The summed E-state index contributed by atoms with van der Waals surface area (Å²) < 4.78 is 12.9. The second-order valence-corrected chi connectivity index (χ2v) is 10.4. The Morgan fingerprint density at radius 3 is 2.00 bits per heavy atom. The van der Waals surface area contributed by atoms with Crippen LogP contribution in [0.5, 0.6) is 0 Å². The van der Waals surface area contributed by atoms with E-state index in [-0.39, 0.29) is 0 Å². The highest BCUT2D eigenvalue weighted by Gasteiger charge is 2.51. The van der Waals surface area contributed by atoms with Gasteiger partial charge in [0.25, 0.3) is 0 Å². The summed E-state index contributed by atoms with van der Waals surface area (Å²) in [5.74, 6) is 0. The van der Waals surface area contributed by atoms with Crippen LogP contribution in [0.4, 0.5) is 0 Å². The summed E-state index contributed by atoms with van der Waals surface area (Å²) in [6.45, 7) is 8.37. The third-order valence-electron chi connectivity index (χ3n) is 7.55. The predicted octanol–water partition coefficient (Wildman–Crippen LogP) is 7.02. The number of aromatic nitrogens is 1. The van der Waals surface area contributed by atoms with Crippen molar-refractivity contribution in [1.82, 2.24) is 4.98 Å². The molecule has 0 unspecified atom stereocenters. The summed E-state index contributed by atoms with van der Waals surface area (Å²) in [6.07, 6.45) is 3.71. The molecule has 3 nitrogen and oxygen atoms in total. The maximum absolute atomic E-state index is 6.45. The van der Waals surface area contributed by atoms with Crippen molar-refractivity contribution in [2.24, 2.45) is 0 Å². The first kappa shape index (κ1) is 22.0. The monoisotopic (exact) mass is 457 g/mol. The molecular weight excluding hydrogens is 429 g/mol. The van der Waals surface area contributed by atoms with Crippen molar-refractivity contribution < 1.29 is 9.31 Å². The SMILES string of the molecule is CC1(C)OB(c2cc(-c3cccnc3)cc(-c3cc4ccccc4c4ccccc34)c2)OC1(C)C. The molecule has 0 spiro atoms. The van der Waals surface area contributed by atoms with E-state index in [0.29, 0.717) is 0 Å². The van der Waals surface area contributed by atoms with Crippen LogP contribution in [-0.4, -0.2) is 23.3 Å². The van der Waals surface area contributed by atoms with Crippen LogP contribution in [0.2, 0.25) is 0 Å². The summed E-state index contributed by atoms with van der Waals surface area (Å²) >= 11 is 0. The molecule has 4 heteroatoms. The van der Waals surface area contributed by atoms with Gasteiger partial charge in [0.2, 0.25) is 0 Å². The van der Waals surface area contributed by atoms with Gasteiger partial charge < -0.3 is 9.31 Å². The third kappa shape index (κ3) is 3.74. The van der Waals surface area contributed by atoms with Gasteiger partial charge in [-0.2, -0.15) is 0 Å². The van der Waals surface area contributed by atoms with Crippen molar-refractivity contribution in [1.29, 1.82) is 0 Å². The van der Waals surface area contributed by atoms with Crippen LogP contribution in [-0.2, 0) is 9.31 Å². The molecule has 0 atom stereocenters. The highest BCUT2D eigenvalue weighted by Crippen LogP contribution is 2.39. The molecule has 4 aromatic carbocycles. The fraction of sp³-hybridized carbons (Fsp3) is 0.194. The molecule has 1 saturated heterocycles. The molecule has 0 aliphatic carbocycles. The Balaban J connectivity index is 1.60. The van der Waals surface area contributed by atoms with Crippen molar-refractivity contribution in [2.45, 2.75) is 38.9 Å².